The molecule has 236 valence electrons. The van der Waals surface area contributed by atoms with Gasteiger partial charge in [0.25, 0.3) is 5.91 Å². The Hall–Kier alpha value is -1.95. The second kappa shape index (κ2) is 15.0. The minimum Gasteiger partial charge on any atom is -0.444 e. The van der Waals surface area contributed by atoms with Crippen LogP contribution in [0.1, 0.15) is 99.3 Å². The summed E-state index contributed by atoms with van der Waals surface area (Å²) in [7, 11) is 0. The van der Waals surface area contributed by atoms with E-state index in [1.165, 1.54) is 0 Å². The maximum absolute atomic E-state index is 14.0. The zero-order valence-corrected chi connectivity index (χ0v) is 25.9. The maximum Gasteiger partial charge on any atom is 0.408 e. The van der Waals surface area contributed by atoms with E-state index >= 15 is 0 Å². The summed E-state index contributed by atoms with van der Waals surface area (Å²) < 4.78 is 11.6. The zero-order valence-electron chi connectivity index (χ0n) is 25.9. The van der Waals surface area contributed by atoms with Crippen LogP contribution in [0.2, 0.25) is 0 Å². The summed E-state index contributed by atoms with van der Waals surface area (Å²) in [6.07, 6.45) is 3.55. The first kappa shape index (κ1) is 33.6. The highest BCUT2D eigenvalue weighted by atomic mass is 16.6. The summed E-state index contributed by atoms with van der Waals surface area (Å²) in [6, 6.07) is -2.21. The van der Waals surface area contributed by atoms with Crippen LogP contribution in [0, 0.1) is 11.8 Å². The lowest BCUT2D eigenvalue weighted by molar-refractivity contribution is -0.139. The number of nitrogens with zero attached hydrogens (tertiary/aromatic N) is 1. The predicted octanol–water partition coefficient (Wildman–Crippen LogP) is 2.43. The molecule has 3 rings (SSSR count). The van der Waals surface area contributed by atoms with Crippen LogP contribution < -0.4 is 16.0 Å². The van der Waals surface area contributed by atoms with Crippen molar-refractivity contribution >= 4 is 17.9 Å². The van der Waals surface area contributed by atoms with Crippen LogP contribution in [0.4, 0.5) is 4.79 Å². The van der Waals surface area contributed by atoms with Gasteiger partial charge in [-0.05, 0) is 71.6 Å². The van der Waals surface area contributed by atoms with Gasteiger partial charge in [0.15, 0.2) is 6.10 Å². The first-order valence-corrected chi connectivity index (χ1v) is 15.6. The van der Waals surface area contributed by atoms with Crippen molar-refractivity contribution in [2.24, 2.45) is 11.8 Å². The number of hydrogen-bond acceptors (Lipinski definition) is 8. The van der Waals surface area contributed by atoms with Crippen molar-refractivity contribution < 1.29 is 34.1 Å². The highest BCUT2D eigenvalue weighted by molar-refractivity contribution is 5.86. The summed E-state index contributed by atoms with van der Waals surface area (Å²) in [6.45, 7) is 12.1. The molecule has 0 aromatic rings. The van der Waals surface area contributed by atoms with E-state index in [9.17, 15) is 24.6 Å². The molecule has 1 saturated carbocycles. The van der Waals surface area contributed by atoms with Crippen LogP contribution in [0.5, 0.6) is 0 Å². The lowest BCUT2D eigenvalue weighted by Gasteiger charge is -2.39. The van der Waals surface area contributed by atoms with Crippen molar-refractivity contribution in [1.29, 1.82) is 0 Å². The third-order valence-corrected chi connectivity index (χ3v) is 8.40. The molecule has 0 aromatic carbocycles. The fourth-order valence-electron chi connectivity index (χ4n) is 5.91. The largest absolute Gasteiger partial charge is 0.444 e. The number of fused-ring (bicyclic) bond motifs is 1. The minimum absolute atomic E-state index is 0.0694. The lowest BCUT2D eigenvalue weighted by Crippen LogP contribution is -2.62. The third-order valence-electron chi connectivity index (χ3n) is 8.40. The normalized spacial score (nSPS) is 32.1. The van der Waals surface area contributed by atoms with Gasteiger partial charge in [0.1, 0.15) is 11.8 Å². The number of carbonyl (C=O) groups is 3. The van der Waals surface area contributed by atoms with E-state index in [1.54, 1.807) is 25.7 Å². The molecular weight excluding hydrogens is 528 g/mol. The Bertz CT molecular complexity index is 875. The molecule has 2 saturated heterocycles. The Morgan fingerprint density at radius 3 is 2.34 bits per heavy atom. The Morgan fingerprint density at radius 2 is 1.71 bits per heavy atom. The molecule has 0 bridgehead atoms. The predicted molar refractivity (Wildman–Crippen MR) is 155 cm³/mol. The molecule has 1 aliphatic carbocycles. The van der Waals surface area contributed by atoms with Crippen molar-refractivity contribution in [3.05, 3.63) is 0 Å². The molecule has 41 heavy (non-hydrogen) atoms. The van der Waals surface area contributed by atoms with Crippen LogP contribution in [0.3, 0.4) is 0 Å². The molecule has 2 unspecified atom stereocenters. The number of hydrogen-bond donors (Lipinski definition) is 5. The standard InChI is InChI=1S/C30H54N4O7/c1-18(2)21-15-16-34-24(21)26(36)32-22(25(35)27(37)31-20-13-14-20)12-10-8-7-9-11-17-40-19(3)23(28(34)38)33-29(39)41-30(4,5)6/h18-25,28,35,38H,7-17H2,1-6H3,(H,31,37)(H,32,36)(H,33,39)/t19-,21+,22-,23-,24-,25?,28?/m0/s1. The zero-order chi connectivity index (χ0) is 30.3. The van der Waals surface area contributed by atoms with Crippen LogP contribution in [-0.4, -0.2) is 94.4 Å². The van der Waals surface area contributed by atoms with Gasteiger partial charge < -0.3 is 35.6 Å². The molecule has 2 aliphatic heterocycles. The smallest absolute Gasteiger partial charge is 0.408 e. The van der Waals surface area contributed by atoms with E-state index in [-0.39, 0.29) is 23.8 Å². The van der Waals surface area contributed by atoms with Crippen molar-refractivity contribution in [3.63, 3.8) is 0 Å². The van der Waals surface area contributed by atoms with E-state index in [1.807, 2.05) is 20.8 Å². The van der Waals surface area contributed by atoms with Crippen molar-refractivity contribution in [3.8, 4) is 0 Å². The van der Waals surface area contributed by atoms with Crippen molar-refractivity contribution in [2.75, 3.05) is 13.2 Å². The van der Waals surface area contributed by atoms with Crippen LogP contribution in [0.15, 0.2) is 0 Å². The Balaban J connectivity index is 1.88. The first-order valence-electron chi connectivity index (χ1n) is 15.6. The number of alkyl carbamates (subject to hydrolysis) is 1. The van der Waals surface area contributed by atoms with Gasteiger partial charge in [0, 0.05) is 19.2 Å². The molecule has 3 aliphatic rings. The minimum atomic E-state index is -1.36. The average Bonchev–Trinajstić information content (AvgIpc) is 3.58. The monoisotopic (exact) mass is 582 g/mol. The number of rotatable bonds is 5. The summed E-state index contributed by atoms with van der Waals surface area (Å²) in [5, 5.41) is 31.4. The topological polar surface area (TPSA) is 149 Å². The Labute approximate surface area is 245 Å². The number of ether oxygens (including phenoxy) is 2. The molecule has 3 amide bonds. The van der Waals surface area contributed by atoms with Gasteiger partial charge in [-0.15, -0.1) is 0 Å². The summed E-state index contributed by atoms with van der Waals surface area (Å²) >= 11 is 0. The quantitative estimate of drug-likeness (QED) is 0.332. The van der Waals surface area contributed by atoms with Crippen LogP contribution in [-0.2, 0) is 19.1 Å². The Morgan fingerprint density at radius 1 is 1.05 bits per heavy atom. The second-order valence-electron chi connectivity index (χ2n) is 13.4. The van der Waals surface area contributed by atoms with E-state index in [0.717, 1.165) is 44.9 Å². The van der Waals surface area contributed by atoms with E-state index in [4.69, 9.17) is 9.47 Å². The fraction of sp³-hybridized carbons (Fsp3) is 0.900. The van der Waals surface area contributed by atoms with Crippen LogP contribution >= 0.6 is 0 Å². The van der Waals surface area contributed by atoms with Gasteiger partial charge in [-0.3, -0.25) is 14.5 Å². The molecule has 5 N–H and O–H groups in total. The van der Waals surface area contributed by atoms with Gasteiger partial charge in [0.2, 0.25) is 5.91 Å². The maximum atomic E-state index is 14.0. The van der Waals surface area contributed by atoms with Crippen molar-refractivity contribution in [1.82, 2.24) is 20.9 Å². The molecule has 11 nitrogen and oxygen atoms in total. The third kappa shape index (κ3) is 10.1. The summed E-state index contributed by atoms with van der Waals surface area (Å²) in [4.78, 5) is 41.3. The molecule has 3 fully saturated rings. The SMILES string of the molecule is CC(C)[C@H]1CCN2C(O)[C@@H](NC(=O)OC(C)(C)C)[C@H](C)OCCCCCCC[C@@H](C(O)C(=O)NC3CC3)NC(=O)[C@H]12. The van der Waals surface area contributed by atoms with E-state index in [0.29, 0.717) is 26.0 Å². The number of nitrogens with one attached hydrogen (secondary N) is 3. The molecule has 2 heterocycles. The highest BCUT2D eigenvalue weighted by Gasteiger charge is 2.47. The van der Waals surface area contributed by atoms with Gasteiger partial charge >= 0.3 is 6.09 Å². The van der Waals surface area contributed by atoms with Crippen molar-refractivity contribution in [2.45, 2.75) is 148 Å². The first-order chi connectivity index (χ1) is 19.3. The van der Waals surface area contributed by atoms with Gasteiger partial charge in [-0.1, -0.05) is 39.5 Å². The number of aliphatic hydroxyl groups excluding tert-OH is 2. The molecule has 7 atom stereocenters. The molecule has 0 aromatic heterocycles. The number of carbonyl (C=O) groups excluding carboxylic acids is 3. The molecular formula is C30H54N4O7. The van der Waals surface area contributed by atoms with E-state index in [2.05, 4.69) is 16.0 Å². The number of aliphatic hydroxyl groups is 2. The van der Waals surface area contributed by atoms with Gasteiger partial charge in [-0.25, -0.2) is 4.79 Å². The highest BCUT2D eigenvalue weighted by Crippen LogP contribution is 2.33. The molecule has 0 spiro atoms. The summed E-state index contributed by atoms with van der Waals surface area (Å²) in [5.41, 5.74) is -0.724. The second-order valence-corrected chi connectivity index (χ2v) is 13.4. The molecule has 11 heteroatoms. The number of amides is 3. The van der Waals surface area contributed by atoms with Gasteiger partial charge in [0.05, 0.1) is 24.2 Å². The van der Waals surface area contributed by atoms with Crippen LogP contribution in [0.25, 0.3) is 0 Å². The Kier molecular flexibility index (Phi) is 12.3. The summed E-state index contributed by atoms with van der Waals surface area (Å²) in [5.74, 6) is -0.718. The fourth-order valence-corrected chi connectivity index (χ4v) is 5.91. The lowest BCUT2D eigenvalue weighted by atomic mass is 9.87. The molecule has 0 radical (unpaired) electrons. The average molecular weight is 583 g/mol. The van der Waals surface area contributed by atoms with Gasteiger partial charge in [-0.2, -0.15) is 0 Å². The van der Waals surface area contributed by atoms with E-state index < -0.39 is 54.2 Å².